The standard InChI is InChI=1S/C8H7FN2/c1-5-6-2-3-10-7(6)4-11-8(5)9/h2-4,10H,1H3. The fraction of sp³-hybridized carbons (Fsp3) is 0.125. The molecule has 0 spiro atoms. The normalized spacial score (nSPS) is 10.7. The minimum Gasteiger partial charge on any atom is -0.360 e. The zero-order chi connectivity index (χ0) is 7.84. The van der Waals surface area contributed by atoms with Gasteiger partial charge >= 0.3 is 0 Å². The van der Waals surface area contributed by atoms with Crippen LogP contribution in [0.3, 0.4) is 0 Å². The molecule has 3 heteroatoms. The minimum atomic E-state index is -0.392. The molecule has 0 aliphatic carbocycles. The number of nitrogens with one attached hydrogen (secondary N) is 1. The molecule has 2 aromatic heterocycles. The summed E-state index contributed by atoms with van der Waals surface area (Å²) in [6.45, 7) is 1.72. The number of rotatable bonds is 0. The van der Waals surface area contributed by atoms with Crippen LogP contribution in [0.2, 0.25) is 0 Å². The van der Waals surface area contributed by atoms with Crippen LogP contribution in [-0.4, -0.2) is 9.97 Å². The molecular formula is C8H7FN2. The van der Waals surface area contributed by atoms with Crippen LogP contribution >= 0.6 is 0 Å². The first kappa shape index (κ1) is 6.34. The van der Waals surface area contributed by atoms with Crippen LogP contribution in [0.5, 0.6) is 0 Å². The summed E-state index contributed by atoms with van der Waals surface area (Å²) in [4.78, 5) is 6.54. The Bertz CT molecular complexity index is 392. The molecule has 0 amide bonds. The number of aromatic amines is 1. The third kappa shape index (κ3) is 0.808. The Morgan fingerprint density at radius 3 is 3.18 bits per heavy atom. The van der Waals surface area contributed by atoms with Crippen LogP contribution in [0.15, 0.2) is 18.5 Å². The number of hydrogen-bond acceptors (Lipinski definition) is 1. The second-order valence-electron chi connectivity index (χ2n) is 2.48. The maximum Gasteiger partial charge on any atom is 0.216 e. The van der Waals surface area contributed by atoms with Crippen LogP contribution in [0.25, 0.3) is 10.9 Å². The first-order chi connectivity index (χ1) is 5.29. The van der Waals surface area contributed by atoms with E-state index < -0.39 is 5.95 Å². The zero-order valence-electron chi connectivity index (χ0n) is 6.06. The first-order valence-electron chi connectivity index (χ1n) is 3.37. The molecule has 0 aromatic carbocycles. The fourth-order valence-electron chi connectivity index (χ4n) is 1.15. The van der Waals surface area contributed by atoms with Crippen molar-refractivity contribution in [3.63, 3.8) is 0 Å². The van der Waals surface area contributed by atoms with Crippen LogP contribution in [-0.2, 0) is 0 Å². The van der Waals surface area contributed by atoms with Gasteiger partial charge < -0.3 is 4.98 Å². The van der Waals surface area contributed by atoms with Gasteiger partial charge in [0, 0.05) is 17.1 Å². The van der Waals surface area contributed by atoms with Crippen molar-refractivity contribution in [1.29, 1.82) is 0 Å². The van der Waals surface area contributed by atoms with E-state index in [2.05, 4.69) is 9.97 Å². The number of H-pyrrole nitrogens is 1. The zero-order valence-corrected chi connectivity index (χ0v) is 6.06. The number of pyridine rings is 1. The van der Waals surface area contributed by atoms with Crippen molar-refractivity contribution in [3.8, 4) is 0 Å². The van der Waals surface area contributed by atoms with Gasteiger partial charge in [0.05, 0.1) is 11.7 Å². The van der Waals surface area contributed by atoms with E-state index in [0.29, 0.717) is 5.56 Å². The molecule has 1 N–H and O–H groups in total. The van der Waals surface area contributed by atoms with Crippen molar-refractivity contribution in [2.24, 2.45) is 0 Å². The molecule has 2 heterocycles. The van der Waals surface area contributed by atoms with Crippen molar-refractivity contribution in [1.82, 2.24) is 9.97 Å². The lowest BCUT2D eigenvalue weighted by molar-refractivity contribution is 0.577. The molecule has 0 fully saturated rings. The predicted molar refractivity (Wildman–Crippen MR) is 40.8 cm³/mol. The molecule has 0 unspecified atom stereocenters. The molecule has 0 saturated carbocycles. The highest BCUT2D eigenvalue weighted by atomic mass is 19.1. The molecule has 2 aromatic rings. The van der Waals surface area contributed by atoms with E-state index in [9.17, 15) is 4.39 Å². The summed E-state index contributed by atoms with van der Waals surface area (Å²) >= 11 is 0. The van der Waals surface area contributed by atoms with Gasteiger partial charge in [-0.15, -0.1) is 0 Å². The van der Waals surface area contributed by atoms with E-state index in [4.69, 9.17) is 0 Å². The Hall–Kier alpha value is -1.38. The van der Waals surface area contributed by atoms with Crippen molar-refractivity contribution in [2.45, 2.75) is 6.92 Å². The van der Waals surface area contributed by atoms with Crippen molar-refractivity contribution in [3.05, 3.63) is 30.0 Å². The van der Waals surface area contributed by atoms with Gasteiger partial charge in [-0.3, -0.25) is 0 Å². The minimum absolute atomic E-state index is 0.392. The number of halogens is 1. The molecule has 2 nitrogen and oxygen atoms in total. The Labute approximate surface area is 63.1 Å². The molecule has 56 valence electrons. The fourth-order valence-corrected chi connectivity index (χ4v) is 1.15. The lowest BCUT2D eigenvalue weighted by atomic mass is 10.2. The lowest BCUT2D eigenvalue weighted by Gasteiger charge is -1.95. The summed E-state index contributed by atoms with van der Waals surface area (Å²) in [6.07, 6.45) is 3.27. The van der Waals surface area contributed by atoms with Gasteiger partial charge in [-0.05, 0) is 13.0 Å². The predicted octanol–water partition coefficient (Wildman–Crippen LogP) is 2.01. The van der Waals surface area contributed by atoms with Gasteiger partial charge in [0.2, 0.25) is 5.95 Å². The topological polar surface area (TPSA) is 28.7 Å². The van der Waals surface area contributed by atoms with Crippen LogP contribution in [0.1, 0.15) is 5.56 Å². The van der Waals surface area contributed by atoms with E-state index >= 15 is 0 Å². The van der Waals surface area contributed by atoms with Gasteiger partial charge in [-0.2, -0.15) is 4.39 Å². The van der Waals surface area contributed by atoms with E-state index in [-0.39, 0.29) is 0 Å². The van der Waals surface area contributed by atoms with Crippen LogP contribution in [0, 0.1) is 12.9 Å². The van der Waals surface area contributed by atoms with Gasteiger partial charge in [-0.1, -0.05) is 0 Å². The molecule has 0 bridgehead atoms. The first-order valence-corrected chi connectivity index (χ1v) is 3.37. The van der Waals surface area contributed by atoms with Crippen LogP contribution in [0.4, 0.5) is 4.39 Å². The second kappa shape index (κ2) is 2.05. The molecule has 2 rings (SSSR count). The molecule has 0 atom stereocenters. The maximum atomic E-state index is 12.8. The lowest BCUT2D eigenvalue weighted by Crippen LogP contribution is -1.86. The number of nitrogens with zero attached hydrogens (tertiary/aromatic N) is 1. The van der Waals surface area contributed by atoms with Gasteiger partial charge in [-0.25, -0.2) is 4.98 Å². The summed E-state index contributed by atoms with van der Waals surface area (Å²) in [7, 11) is 0. The number of fused-ring (bicyclic) bond motifs is 1. The van der Waals surface area contributed by atoms with Crippen molar-refractivity contribution < 1.29 is 4.39 Å². The Kier molecular flexibility index (Phi) is 1.18. The van der Waals surface area contributed by atoms with E-state index in [0.717, 1.165) is 10.9 Å². The van der Waals surface area contributed by atoms with Gasteiger partial charge in [0.15, 0.2) is 0 Å². The average Bonchev–Trinajstić information content (AvgIpc) is 2.45. The van der Waals surface area contributed by atoms with E-state index in [1.54, 1.807) is 13.1 Å². The third-order valence-electron chi connectivity index (χ3n) is 1.80. The van der Waals surface area contributed by atoms with E-state index in [1.165, 1.54) is 6.20 Å². The summed E-state index contributed by atoms with van der Waals surface area (Å²) in [5.41, 5.74) is 1.48. The van der Waals surface area contributed by atoms with Crippen molar-refractivity contribution >= 4 is 10.9 Å². The quantitative estimate of drug-likeness (QED) is 0.572. The SMILES string of the molecule is Cc1c(F)ncc2[nH]ccc12. The van der Waals surface area contributed by atoms with Gasteiger partial charge in [0.1, 0.15) is 0 Å². The Morgan fingerprint density at radius 1 is 1.55 bits per heavy atom. The molecular weight excluding hydrogens is 143 g/mol. The third-order valence-corrected chi connectivity index (χ3v) is 1.80. The molecule has 0 aliphatic rings. The molecule has 11 heavy (non-hydrogen) atoms. The Balaban J connectivity index is 2.93. The highest BCUT2D eigenvalue weighted by molar-refractivity contribution is 5.81. The number of aromatic nitrogens is 2. The Morgan fingerprint density at radius 2 is 2.36 bits per heavy atom. The molecule has 0 saturated heterocycles. The van der Waals surface area contributed by atoms with Gasteiger partial charge in [0.25, 0.3) is 0 Å². The van der Waals surface area contributed by atoms with Crippen LogP contribution < -0.4 is 0 Å². The summed E-state index contributed by atoms with van der Waals surface area (Å²) in [5.74, 6) is -0.392. The number of hydrogen-bond donors (Lipinski definition) is 1. The molecule has 0 aliphatic heterocycles. The summed E-state index contributed by atoms with van der Waals surface area (Å²) in [5, 5.41) is 0.900. The smallest absolute Gasteiger partial charge is 0.216 e. The van der Waals surface area contributed by atoms with Crippen molar-refractivity contribution in [2.75, 3.05) is 0 Å². The summed E-state index contributed by atoms with van der Waals surface area (Å²) < 4.78 is 12.8. The van der Waals surface area contributed by atoms with E-state index in [1.807, 2.05) is 6.07 Å². The monoisotopic (exact) mass is 150 g/mol. The molecule has 0 radical (unpaired) electrons. The largest absolute Gasteiger partial charge is 0.360 e. The highest BCUT2D eigenvalue weighted by Crippen LogP contribution is 2.16. The number of aryl methyl sites for hydroxylation is 1. The summed E-state index contributed by atoms with van der Waals surface area (Å²) in [6, 6.07) is 1.84. The second-order valence-corrected chi connectivity index (χ2v) is 2.48. The maximum absolute atomic E-state index is 12.8. The highest BCUT2D eigenvalue weighted by Gasteiger charge is 2.03. The average molecular weight is 150 g/mol.